The van der Waals surface area contributed by atoms with Crippen LogP contribution in [0.1, 0.15) is 50.8 Å². The normalized spacial score (nSPS) is 19.7. The predicted molar refractivity (Wildman–Crippen MR) is 86.9 cm³/mol. The number of aromatic nitrogens is 2. The molecule has 5 heteroatoms. The molecule has 0 aliphatic heterocycles. The van der Waals surface area contributed by atoms with E-state index in [1.807, 2.05) is 6.20 Å². The number of rotatable bonds is 6. The Bertz CT molecular complexity index is 435. The number of aryl methyl sites for hydroxylation is 1. The van der Waals surface area contributed by atoms with Crippen LogP contribution in [0.25, 0.3) is 0 Å². The van der Waals surface area contributed by atoms with Crippen LogP contribution in [0.15, 0.2) is 10.7 Å². The highest BCUT2D eigenvalue weighted by Crippen LogP contribution is 2.44. The molecule has 1 N–H and O–H groups in total. The number of likely N-dealkylation sites (N-methyl/N-ethyl adjacent to an activating group) is 2. The molecule has 1 aliphatic carbocycles. The maximum Gasteiger partial charge on any atom is 0.0714 e. The molecule has 114 valence electrons. The van der Waals surface area contributed by atoms with Gasteiger partial charge in [0.1, 0.15) is 0 Å². The molecule has 1 fully saturated rings. The Morgan fingerprint density at radius 1 is 1.45 bits per heavy atom. The first-order chi connectivity index (χ1) is 9.56. The second-order valence-corrected chi connectivity index (χ2v) is 6.88. The first kappa shape index (κ1) is 16.0. The Labute approximate surface area is 131 Å². The van der Waals surface area contributed by atoms with Crippen LogP contribution >= 0.6 is 15.9 Å². The van der Waals surface area contributed by atoms with Gasteiger partial charge in [-0.1, -0.05) is 19.8 Å². The molecule has 0 amide bonds. The van der Waals surface area contributed by atoms with Crippen molar-refractivity contribution < 1.29 is 0 Å². The van der Waals surface area contributed by atoms with Gasteiger partial charge in [-0.05, 0) is 56.3 Å². The van der Waals surface area contributed by atoms with Crippen LogP contribution in [-0.4, -0.2) is 41.4 Å². The zero-order valence-electron chi connectivity index (χ0n) is 13.1. The molecule has 1 aromatic rings. The van der Waals surface area contributed by atoms with Crippen molar-refractivity contribution >= 4 is 15.9 Å². The van der Waals surface area contributed by atoms with Crippen LogP contribution in [0.3, 0.4) is 0 Å². The van der Waals surface area contributed by atoms with Crippen molar-refractivity contribution in [1.29, 1.82) is 0 Å². The van der Waals surface area contributed by atoms with E-state index in [2.05, 4.69) is 64.0 Å². The highest BCUT2D eigenvalue weighted by Gasteiger charge is 2.45. The van der Waals surface area contributed by atoms with Gasteiger partial charge in [0.15, 0.2) is 0 Å². The molecule has 0 bridgehead atoms. The van der Waals surface area contributed by atoms with Gasteiger partial charge in [-0.15, -0.1) is 0 Å². The Morgan fingerprint density at radius 2 is 2.10 bits per heavy atom. The molecule has 1 heterocycles. The number of halogens is 1. The summed E-state index contributed by atoms with van der Waals surface area (Å²) in [7, 11) is 6.50. The molecule has 4 nitrogen and oxygen atoms in total. The molecule has 0 aromatic carbocycles. The molecule has 0 saturated heterocycles. The first-order valence-electron chi connectivity index (χ1n) is 7.62. The molecule has 1 saturated carbocycles. The summed E-state index contributed by atoms with van der Waals surface area (Å²) >= 11 is 3.71. The average molecular weight is 343 g/mol. The van der Waals surface area contributed by atoms with E-state index >= 15 is 0 Å². The van der Waals surface area contributed by atoms with Gasteiger partial charge >= 0.3 is 0 Å². The van der Waals surface area contributed by atoms with Gasteiger partial charge in [0.2, 0.25) is 0 Å². The van der Waals surface area contributed by atoms with Gasteiger partial charge in [0, 0.05) is 12.1 Å². The number of nitrogens with zero attached hydrogens (tertiary/aromatic N) is 3. The van der Waals surface area contributed by atoms with Crippen molar-refractivity contribution in [3.63, 3.8) is 0 Å². The third kappa shape index (κ3) is 2.68. The number of nitrogens with one attached hydrogen (secondary N) is 1. The van der Waals surface area contributed by atoms with E-state index in [1.165, 1.54) is 31.4 Å². The third-order valence-electron chi connectivity index (χ3n) is 4.73. The van der Waals surface area contributed by atoms with E-state index in [9.17, 15) is 0 Å². The Hall–Kier alpha value is -0.390. The Morgan fingerprint density at radius 3 is 2.60 bits per heavy atom. The van der Waals surface area contributed by atoms with Gasteiger partial charge in [-0.2, -0.15) is 5.10 Å². The number of hydrogen-bond donors (Lipinski definition) is 1. The van der Waals surface area contributed by atoms with Gasteiger partial charge < -0.3 is 10.2 Å². The second kappa shape index (κ2) is 6.58. The molecule has 20 heavy (non-hydrogen) atoms. The minimum atomic E-state index is 0.197. The minimum Gasteiger partial charge on any atom is -0.310 e. The van der Waals surface area contributed by atoms with Crippen LogP contribution in [0.2, 0.25) is 0 Å². The summed E-state index contributed by atoms with van der Waals surface area (Å²) in [6, 6.07) is 0.309. The zero-order valence-corrected chi connectivity index (χ0v) is 14.7. The molecule has 0 spiro atoms. The maximum atomic E-state index is 4.55. The molecular formula is C15H27BrN4. The van der Waals surface area contributed by atoms with E-state index in [1.54, 1.807) is 0 Å². The highest BCUT2D eigenvalue weighted by atomic mass is 79.9. The highest BCUT2D eigenvalue weighted by molar-refractivity contribution is 9.10. The first-order valence-corrected chi connectivity index (χ1v) is 8.42. The lowest BCUT2D eigenvalue weighted by atomic mass is 9.84. The summed E-state index contributed by atoms with van der Waals surface area (Å²) in [6.45, 7) is 3.17. The topological polar surface area (TPSA) is 33.1 Å². The van der Waals surface area contributed by atoms with Crippen molar-refractivity contribution in [2.45, 2.75) is 57.2 Å². The molecule has 1 atom stereocenters. The Kier molecular flexibility index (Phi) is 5.26. The van der Waals surface area contributed by atoms with Crippen molar-refractivity contribution in [1.82, 2.24) is 20.0 Å². The standard InChI is InChI=1S/C15H27BrN4/c1-5-10-20-13(12(16)11-18-20)14(17-2)15(19(3)4)8-6-7-9-15/h11,14,17H,5-10H2,1-4H3. The quantitative estimate of drug-likeness (QED) is 0.861. The van der Waals surface area contributed by atoms with Crippen LogP contribution < -0.4 is 5.32 Å². The molecule has 1 unspecified atom stereocenters. The third-order valence-corrected chi connectivity index (χ3v) is 5.34. The SMILES string of the molecule is CCCn1ncc(Br)c1C(NC)C1(N(C)C)CCCC1. The largest absolute Gasteiger partial charge is 0.310 e. The lowest BCUT2D eigenvalue weighted by Crippen LogP contribution is -2.52. The predicted octanol–water partition coefficient (Wildman–Crippen LogP) is 3.19. The van der Waals surface area contributed by atoms with Gasteiger partial charge in [-0.3, -0.25) is 4.68 Å². The van der Waals surface area contributed by atoms with E-state index in [4.69, 9.17) is 0 Å². The molecule has 0 radical (unpaired) electrons. The van der Waals surface area contributed by atoms with Crippen molar-refractivity contribution in [2.75, 3.05) is 21.1 Å². The van der Waals surface area contributed by atoms with Gasteiger partial charge in [0.05, 0.1) is 22.4 Å². The molecule has 2 rings (SSSR count). The Balaban J connectivity index is 2.43. The fourth-order valence-electron chi connectivity index (χ4n) is 3.69. The van der Waals surface area contributed by atoms with Crippen LogP contribution in [0.4, 0.5) is 0 Å². The van der Waals surface area contributed by atoms with E-state index in [0.717, 1.165) is 17.4 Å². The summed E-state index contributed by atoms with van der Waals surface area (Å²) in [5, 5.41) is 8.12. The van der Waals surface area contributed by atoms with Crippen LogP contribution in [0, 0.1) is 0 Å². The van der Waals surface area contributed by atoms with E-state index < -0.39 is 0 Å². The fourth-order valence-corrected chi connectivity index (χ4v) is 4.22. The number of hydrogen-bond acceptors (Lipinski definition) is 3. The fraction of sp³-hybridized carbons (Fsp3) is 0.800. The van der Waals surface area contributed by atoms with E-state index in [0.29, 0.717) is 6.04 Å². The maximum absolute atomic E-state index is 4.55. The van der Waals surface area contributed by atoms with Crippen LogP contribution in [-0.2, 0) is 6.54 Å². The second-order valence-electron chi connectivity index (χ2n) is 6.03. The lowest BCUT2D eigenvalue weighted by Gasteiger charge is -2.43. The van der Waals surface area contributed by atoms with Crippen LogP contribution in [0.5, 0.6) is 0 Å². The van der Waals surface area contributed by atoms with Crippen molar-refractivity contribution in [3.8, 4) is 0 Å². The molecular weight excluding hydrogens is 316 g/mol. The average Bonchev–Trinajstić information content (AvgIpc) is 3.02. The summed E-state index contributed by atoms with van der Waals surface area (Å²) in [5.41, 5.74) is 1.49. The summed E-state index contributed by atoms with van der Waals surface area (Å²) in [5.74, 6) is 0. The molecule has 1 aliphatic rings. The minimum absolute atomic E-state index is 0.197. The van der Waals surface area contributed by atoms with Gasteiger partial charge in [0.25, 0.3) is 0 Å². The van der Waals surface area contributed by atoms with Crippen molar-refractivity contribution in [3.05, 3.63) is 16.4 Å². The monoisotopic (exact) mass is 342 g/mol. The summed E-state index contributed by atoms with van der Waals surface area (Å²) < 4.78 is 3.29. The molecule has 1 aromatic heterocycles. The summed E-state index contributed by atoms with van der Waals surface area (Å²) in [6.07, 6.45) is 8.16. The zero-order chi connectivity index (χ0) is 14.8. The smallest absolute Gasteiger partial charge is 0.0714 e. The van der Waals surface area contributed by atoms with E-state index in [-0.39, 0.29) is 5.54 Å². The lowest BCUT2D eigenvalue weighted by molar-refractivity contribution is 0.104. The summed E-state index contributed by atoms with van der Waals surface area (Å²) in [4.78, 5) is 2.41. The van der Waals surface area contributed by atoms with Gasteiger partial charge in [-0.25, -0.2) is 0 Å². The van der Waals surface area contributed by atoms with Crippen molar-refractivity contribution in [2.24, 2.45) is 0 Å².